The maximum absolute atomic E-state index is 11.0. The van der Waals surface area contributed by atoms with Gasteiger partial charge >= 0.3 is 5.97 Å². The number of hydrogen-bond acceptors (Lipinski definition) is 4. The van der Waals surface area contributed by atoms with Crippen molar-refractivity contribution in [2.75, 3.05) is 18.6 Å². The minimum Gasteiger partial charge on any atom is -0.466 e. The fourth-order valence-electron chi connectivity index (χ4n) is 1.25. The molecule has 5 heteroatoms. The highest BCUT2D eigenvalue weighted by atomic mass is 35.5. The molecule has 1 rings (SSSR count). The Bertz CT molecular complexity index is 341. The Kier molecular flexibility index (Phi) is 6.43. The Labute approximate surface area is 106 Å². The number of hydrogen-bond donors (Lipinski definition) is 2. The van der Waals surface area contributed by atoms with E-state index in [1.54, 1.807) is 6.92 Å². The summed E-state index contributed by atoms with van der Waals surface area (Å²) in [6.45, 7) is 2.94. The molecule has 0 heterocycles. The second-order valence-electron chi connectivity index (χ2n) is 3.47. The van der Waals surface area contributed by atoms with Crippen LogP contribution < -0.4 is 10.9 Å². The lowest BCUT2D eigenvalue weighted by atomic mass is 10.3. The number of benzene rings is 1. The monoisotopic (exact) mass is 256 g/mol. The zero-order valence-electron chi connectivity index (χ0n) is 9.83. The van der Waals surface area contributed by atoms with Crippen LogP contribution in [0.5, 0.6) is 0 Å². The van der Waals surface area contributed by atoms with Crippen LogP contribution in [0.3, 0.4) is 0 Å². The van der Waals surface area contributed by atoms with Crippen LogP contribution in [0.4, 0.5) is 5.69 Å². The van der Waals surface area contributed by atoms with Crippen LogP contribution in [0, 0.1) is 0 Å². The van der Waals surface area contributed by atoms with E-state index in [1.807, 2.05) is 24.3 Å². The number of anilines is 1. The first-order valence-corrected chi connectivity index (χ1v) is 6.00. The highest BCUT2D eigenvalue weighted by molar-refractivity contribution is 6.30. The minimum atomic E-state index is -0.152. The maximum atomic E-state index is 11.0. The van der Waals surface area contributed by atoms with Gasteiger partial charge in [0, 0.05) is 23.7 Å². The molecule has 0 spiro atoms. The van der Waals surface area contributed by atoms with E-state index in [4.69, 9.17) is 16.3 Å². The molecule has 0 unspecified atom stereocenters. The van der Waals surface area contributed by atoms with E-state index < -0.39 is 0 Å². The smallest absolute Gasteiger partial charge is 0.305 e. The van der Waals surface area contributed by atoms with Gasteiger partial charge in [-0.05, 0) is 37.6 Å². The molecule has 0 aromatic heterocycles. The molecule has 1 aromatic rings. The number of nitrogens with one attached hydrogen (secondary N) is 2. The first-order chi connectivity index (χ1) is 8.22. The van der Waals surface area contributed by atoms with Crippen LogP contribution in [-0.4, -0.2) is 19.1 Å². The van der Waals surface area contributed by atoms with Gasteiger partial charge < -0.3 is 10.2 Å². The van der Waals surface area contributed by atoms with Crippen LogP contribution in [-0.2, 0) is 9.53 Å². The molecule has 0 bridgehead atoms. The number of rotatable bonds is 7. The number of carbonyl (C=O) groups is 1. The Balaban J connectivity index is 2.08. The van der Waals surface area contributed by atoms with Gasteiger partial charge in [-0.3, -0.25) is 4.79 Å². The lowest BCUT2D eigenvalue weighted by Crippen LogP contribution is -2.23. The summed E-state index contributed by atoms with van der Waals surface area (Å²) in [5.74, 6) is -0.152. The first-order valence-electron chi connectivity index (χ1n) is 5.62. The normalized spacial score (nSPS) is 10.0. The third-order valence-corrected chi connectivity index (χ3v) is 2.32. The van der Waals surface area contributed by atoms with Gasteiger partial charge in [-0.2, -0.15) is 0 Å². The van der Waals surface area contributed by atoms with E-state index in [1.165, 1.54) is 0 Å². The van der Waals surface area contributed by atoms with Gasteiger partial charge in [0.05, 0.1) is 6.61 Å². The molecular weight excluding hydrogens is 240 g/mol. The highest BCUT2D eigenvalue weighted by Gasteiger charge is 2.00. The average molecular weight is 257 g/mol. The topological polar surface area (TPSA) is 50.4 Å². The quantitative estimate of drug-likeness (QED) is 0.447. The van der Waals surface area contributed by atoms with Crippen molar-refractivity contribution in [3.05, 3.63) is 29.3 Å². The lowest BCUT2D eigenvalue weighted by Gasteiger charge is -2.08. The molecule has 4 nitrogen and oxygen atoms in total. The molecular formula is C12H17ClN2O2. The van der Waals surface area contributed by atoms with Gasteiger partial charge in [-0.1, -0.05) is 11.6 Å². The van der Waals surface area contributed by atoms with Crippen LogP contribution in [0.25, 0.3) is 0 Å². The van der Waals surface area contributed by atoms with Gasteiger partial charge in [-0.25, -0.2) is 5.43 Å². The van der Waals surface area contributed by atoms with Crippen LogP contribution in [0.15, 0.2) is 24.3 Å². The summed E-state index contributed by atoms with van der Waals surface area (Å²) in [6.07, 6.45) is 1.17. The fraction of sp³-hybridized carbons (Fsp3) is 0.417. The summed E-state index contributed by atoms with van der Waals surface area (Å²) < 4.78 is 4.82. The molecule has 0 radical (unpaired) electrons. The molecule has 0 fully saturated rings. The van der Waals surface area contributed by atoms with Crippen LogP contribution >= 0.6 is 11.6 Å². The van der Waals surface area contributed by atoms with Crippen LogP contribution in [0.2, 0.25) is 5.02 Å². The predicted molar refractivity (Wildman–Crippen MR) is 68.9 cm³/mol. The Hall–Kier alpha value is -1.26. The van der Waals surface area contributed by atoms with Crippen molar-refractivity contribution in [3.8, 4) is 0 Å². The number of carbonyl (C=O) groups excluding carboxylic acids is 1. The number of hydrazine groups is 1. The summed E-state index contributed by atoms with van der Waals surface area (Å²) in [7, 11) is 0. The van der Waals surface area contributed by atoms with Gasteiger partial charge in [0.25, 0.3) is 0 Å². The molecule has 0 amide bonds. The predicted octanol–water partition coefficient (Wildman–Crippen LogP) is 2.60. The zero-order valence-corrected chi connectivity index (χ0v) is 10.6. The molecule has 0 aliphatic carbocycles. The van der Waals surface area contributed by atoms with Gasteiger partial charge in [0.15, 0.2) is 0 Å². The summed E-state index contributed by atoms with van der Waals surface area (Å²) in [6, 6.07) is 7.37. The minimum absolute atomic E-state index is 0.152. The fourth-order valence-corrected chi connectivity index (χ4v) is 1.38. The van der Waals surface area contributed by atoms with E-state index >= 15 is 0 Å². The second kappa shape index (κ2) is 7.92. The van der Waals surface area contributed by atoms with E-state index in [0.717, 1.165) is 12.1 Å². The summed E-state index contributed by atoms with van der Waals surface area (Å²) in [4.78, 5) is 11.0. The summed E-state index contributed by atoms with van der Waals surface area (Å²) >= 11 is 5.76. The van der Waals surface area contributed by atoms with Crippen LogP contribution in [0.1, 0.15) is 19.8 Å². The number of esters is 1. The van der Waals surface area contributed by atoms with E-state index in [9.17, 15) is 4.79 Å². The zero-order chi connectivity index (χ0) is 12.5. The average Bonchev–Trinajstić information content (AvgIpc) is 2.31. The van der Waals surface area contributed by atoms with Crippen molar-refractivity contribution < 1.29 is 9.53 Å². The number of ether oxygens (including phenoxy) is 1. The first kappa shape index (κ1) is 13.8. The second-order valence-corrected chi connectivity index (χ2v) is 3.90. The Morgan fingerprint density at radius 3 is 2.71 bits per heavy atom. The highest BCUT2D eigenvalue weighted by Crippen LogP contribution is 2.12. The van der Waals surface area contributed by atoms with Crippen molar-refractivity contribution in [2.45, 2.75) is 19.8 Å². The molecule has 94 valence electrons. The maximum Gasteiger partial charge on any atom is 0.305 e. The van der Waals surface area contributed by atoms with E-state index in [0.29, 0.717) is 24.6 Å². The largest absolute Gasteiger partial charge is 0.466 e. The molecule has 0 saturated heterocycles. The summed E-state index contributed by atoms with van der Waals surface area (Å²) in [5, 5.41) is 0.706. The third kappa shape index (κ3) is 6.14. The third-order valence-electron chi connectivity index (χ3n) is 2.06. The van der Waals surface area contributed by atoms with Crippen molar-refractivity contribution >= 4 is 23.3 Å². The molecule has 2 N–H and O–H groups in total. The van der Waals surface area contributed by atoms with Crippen molar-refractivity contribution in [2.24, 2.45) is 0 Å². The van der Waals surface area contributed by atoms with Crippen molar-refractivity contribution in [1.29, 1.82) is 0 Å². The SMILES string of the molecule is CCOC(=O)CCCNNc1ccc(Cl)cc1. The molecule has 0 saturated carbocycles. The standard InChI is InChI=1S/C12H17ClN2O2/c1-2-17-12(16)4-3-9-14-15-11-7-5-10(13)6-8-11/h5-8,14-15H,2-4,9H2,1H3. The Morgan fingerprint density at radius 2 is 2.06 bits per heavy atom. The molecule has 1 aromatic carbocycles. The summed E-state index contributed by atoms with van der Waals surface area (Å²) in [5.41, 5.74) is 6.97. The molecule has 0 atom stereocenters. The van der Waals surface area contributed by atoms with Gasteiger partial charge in [0.2, 0.25) is 0 Å². The van der Waals surface area contributed by atoms with Crippen molar-refractivity contribution in [3.63, 3.8) is 0 Å². The van der Waals surface area contributed by atoms with E-state index in [-0.39, 0.29) is 5.97 Å². The molecule has 17 heavy (non-hydrogen) atoms. The van der Waals surface area contributed by atoms with Gasteiger partial charge in [0.1, 0.15) is 0 Å². The van der Waals surface area contributed by atoms with Gasteiger partial charge in [-0.15, -0.1) is 0 Å². The van der Waals surface area contributed by atoms with E-state index in [2.05, 4.69) is 10.9 Å². The Morgan fingerprint density at radius 1 is 1.35 bits per heavy atom. The molecule has 0 aliphatic heterocycles. The number of halogens is 1. The molecule has 0 aliphatic rings. The lowest BCUT2D eigenvalue weighted by molar-refractivity contribution is -0.143. The van der Waals surface area contributed by atoms with Crippen molar-refractivity contribution in [1.82, 2.24) is 5.43 Å².